The molecule has 6 rings (SSSR count). The van der Waals surface area contributed by atoms with Crippen molar-refractivity contribution >= 4 is 22.8 Å². The third-order valence-electron chi connectivity index (χ3n) is 9.03. The standard InChI is InChI=1S/C32H44N6O3/c1-21-7-5-6-8-27(21)33-18-25-17-24(9-12-29(25)39-4)28-11-10-26-30(34-28)35-32(38-14-16-41-20-23(38)3)36-31(26)37-13-15-40-19-22(37)2/h9-12,17,21-23,27,33H,5-8,13-16,18-20H2,1-4H3/t21?,22-,23-,27?/m0/s1. The zero-order chi connectivity index (χ0) is 28.3. The first-order valence-electron chi connectivity index (χ1n) is 15.3. The summed E-state index contributed by atoms with van der Waals surface area (Å²) in [7, 11) is 1.75. The molecule has 3 fully saturated rings. The lowest BCUT2D eigenvalue weighted by atomic mass is 9.86. The SMILES string of the molecule is COc1ccc(-c2ccc3c(N4CCOC[C@@H]4C)nc(N4CCOC[C@@H]4C)nc3n2)cc1CNC1CCCCC1C. The molecule has 2 unspecified atom stereocenters. The highest BCUT2D eigenvalue weighted by Gasteiger charge is 2.28. The van der Waals surface area contributed by atoms with Gasteiger partial charge in [-0.15, -0.1) is 0 Å². The smallest absolute Gasteiger partial charge is 0.229 e. The molecule has 0 spiro atoms. The van der Waals surface area contributed by atoms with E-state index < -0.39 is 0 Å². The third-order valence-corrected chi connectivity index (χ3v) is 9.03. The van der Waals surface area contributed by atoms with Crippen molar-refractivity contribution in [3.63, 3.8) is 0 Å². The summed E-state index contributed by atoms with van der Waals surface area (Å²) in [6, 6.07) is 11.6. The number of methoxy groups -OCH3 is 1. The Kier molecular flexibility index (Phi) is 8.55. The minimum atomic E-state index is 0.197. The van der Waals surface area contributed by atoms with Crippen LogP contribution in [0.25, 0.3) is 22.3 Å². The van der Waals surface area contributed by atoms with E-state index in [4.69, 9.17) is 29.2 Å². The third kappa shape index (κ3) is 5.98. The summed E-state index contributed by atoms with van der Waals surface area (Å²) in [5, 5.41) is 4.78. The molecule has 1 N–H and O–H groups in total. The lowest BCUT2D eigenvalue weighted by Gasteiger charge is -2.37. The second kappa shape index (κ2) is 12.5. The Labute approximate surface area is 243 Å². The van der Waals surface area contributed by atoms with Crippen molar-refractivity contribution in [1.29, 1.82) is 0 Å². The number of pyridine rings is 1. The normalized spacial score (nSPS) is 25.5. The number of rotatable bonds is 7. The number of nitrogens with zero attached hydrogens (tertiary/aromatic N) is 5. The van der Waals surface area contributed by atoms with E-state index in [0.717, 1.165) is 53.4 Å². The second-order valence-electron chi connectivity index (χ2n) is 11.9. The van der Waals surface area contributed by atoms with Gasteiger partial charge in [-0.1, -0.05) is 19.8 Å². The van der Waals surface area contributed by atoms with Crippen molar-refractivity contribution in [3.8, 4) is 17.0 Å². The fourth-order valence-corrected chi connectivity index (χ4v) is 6.49. The van der Waals surface area contributed by atoms with Gasteiger partial charge in [0, 0.05) is 36.8 Å². The number of ether oxygens (including phenoxy) is 3. The molecular formula is C32H44N6O3. The second-order valence-corrected chi connectivity index (χ2v) is 11.9. The van der Waals surface area contributed by atoms with Gasteiger partial charge in [0.25, 0.3) is 0 Å². The minimum Gasteiger partial charge on any atom is -0.496 e. The van der Waals surface area contributed by atoms with Crippen LogP contribution in [-0.4, -0.2) is 79.7 Å². The Balaban J connectivity index is 1.36. The summed E-state index contributed by atoms with van der Waals surface area (Å²) >= 11 is 0. The fraction of sp³-hybridized carbons (Fsp3) is 0.594. The number of benzene rings is 1. The summed E-state index contributed by atoms with van der Waals surface area (Å²) in [4.78, 5) is 19.9. The number of hydrogen-bond acceptors (Lipinski definition) is 9. The zero-order valence-corrected chi connectivity index (χ0v) is 24.9. The molecule has 41 heavy (non-hydrogen) atoms. The van der Waals surface area contributed by atoms with Gasteiger partial charge in [0.05, 0.1) is 56.7 Å². The van der Waals surface area contributed by atoms with Crippen LogP contribution in [0.1, 0.15) is 52.0 Å². The van der Waals surface area contributed by atoms with Gasteiger partial charge >= 0.3 is 0 Å². The van der Waals surface area contributed by atoms with E-state index in [2.05, 4.69) is 66.2 Å². The van der Waals surface area contributed by atoms with Gasteiger partial charge in [-0.2, -0.15) is 9.97 Å². The fourth-order valence-electron chi connectivity index (χ4n) is 6.49. The maximum atomic E-state index is 5.75. The van der Waals surface area contributed by atoms with Gasteiger partial charge < -0.3 is 29.3 Å². The van der Waals surface area contributed by atoms with Crippen molar-refractivity contribution in [2.45, 2.75) is 71.1 Å². The zero-order valence-electron chi connectivity index (χ0n) is 24.9. The van der Waals surface area contributed by atoms with Gasteiger partial charge in [0.2, 0.25) is 5.95 Å². The molecule has 1 saturated carbocycles. The van der Waals surface area contributed by atoms with Crippen LogP contribution < -0.4 is 19.9 Å². The van der Waals surface area contributed by atoms with Crippen LogP contribution in [-0.2, 0) is 16.0 Å². The van der Waals surface area contributed by atoms with Crippen LogP contribution in [0.4, 0.5) is 11.8 Å². The minimum absolute atomic E-state index is 0.197. The molecule has 0 bridgehead atoms. The molecule has 0 amide bonds. The highest BCUT2D eigenvalue weighted by Crippen LogP contribution is 2.33. The molecule has 1 aliphatic carbocycles. The van der Waals surface area contributed by atoms with Crippen molar-refractivity contribution < 1.29 is 14.2 Å². The molecule has 3 aliphatic rings. The van der Waals surface area contributed by atoms with E-state index in [1.807, 2.05) is 0 Å². The van der Waals surface area contributed by atoms with Gasteiger partial charge in [0.1, 0.15) is 11.6 Å². The molecular weight excluding hydrogens is 516 g/mol. The Hall–Kier alpha value is -3.01. The van der Waals surface area contributed by atoms with E-state index >= 15 is 0 Å². The van der Waals surface area contributed by atoms with Crippen LogP contribution in [0.2, 0.25) is 0 Å². The highest BCUT2D eigenvalue weighted by molar-refractivity contribution is 5.90. The molecule has 9 heteroatoms. The van der Waals surface area contributed by atoms with Crippen LogP contribution in [0, 0.1) is 5.92 Å². The number of anilines is 2. The number of morpholine rings is 2. The molecule has 0 radical (unpaired) electrons. The summed E-state index contributed by atoms with van der Waals surface area (Å²) in [6.45, 7) is 11.8. The predicted octanol–water partition coefficient (Wildman–Crippen LogP) is 4.82. The molecule has 4 heterocycles. The monoisotopic (exact) mass is 560 g/mol. The number of aromatic nitrogens is 3. The summed E-state index contributed by atoms with van der Waals surface area (Å²) in [6.07, 6.45) is 5.18. The molecule has 4 atom stereocenters. The van der Waals surface area contributed by atoms with Crippen LogP contribution in [0.3, 0.4) is 0 Å². The van der Waals surface area contributed by atoms with Crippen molar-refractivity contribution in [2.24, 2.45) is 5.92 Å². The van der Waals surface area contributed by atoms with Crippen LogP contribution in [0.5, 0.6) is 5.75 Å². The topological polar surface area (TPSA) is 84.9 Å². The summed E-state index contributed by atoms with van der Waals surface area (Å²) in [5.41, 5.74) is 3.82. The molecule has 2 saturated heterocycles. The first kappa shape index (κ1) is 28.1. The molecule has 3 aromatic rings. The first-order chi connectivity index (χ1) is 20.0. The Morgan fingerprint density at radius 3 is 2.39 bits per heavy atom. The Bertz CT molecular complexity index is 1350. The van der Waals surface area contributed by atoms with Gasteiger partial charge in [0.15, 0.2) is 5.65 Å². The van der Waals surface area contributed by atoms with Gasteiger partial charge in [-0.25, -0.2) is 4.98 Å². The van der Waals surface area contributed by atoms with Crippen molar-refractivity contribution in [3.05, 3.63) is 35.9 Å². The van der Waals surface area contributed by atoms with Crippen molar-refractivity contribution in [1.82, 2.24) is 20.3 Å². The molecule has 1 aromatic carbocycles. The Morgan fingerprint density at radius 2 is 1.66 bits per heavy atom. The lowest BCUT2D eigenvalue weighted by molar-refractivity contribution is 0.0973. The first-order valence-corrected chi connectivity index (χ1v) is 15.3. The summed E-state index contributed by atoms with van der Waals surface area (Å²) < 4.78 is 17.2. The van der Waals surface area contributed by atoms with Crippen LogP contribution >= 0.6 is 0 Å². The van der Waals surface area contributed by atoms with Crippen molar-refractivity contribution in [2.75, 3.05) is 56.4 Å². The van der Waals surface area contributed by atoms with E-state index in [9.17, 15) is 0 Å². The van der Waals surface area contributed by atoms with E-state index in [1.165, 1.54) is 25.7 Å². The summed E-state index contributed by atoms with van der Waals surface area (Å²) in [5.74, 6) is 3.25. The molecule has 9 nitrogen and oxygen atoms in total. The largest absolute Gasteiger partial charge is 0.496 e. The maximum absolute atomic E-state index is 5.75. The van der Waals surface area contributed by atoms with E-state index in [0.29, 0.717) is 50.0 Å². The number of fused-ring (bicyclic) bond motifs is 1. The number of nitrogens with one attached hydrogen (secondary N) is 1. The lowest BCUT2D eigenvalue weighted by Crippen LogP contribution is -2.46. The molecule has 220 valence electrons. The molecule has 2 aliphatic heterocycles. The number of hydrogen-bond donors (Lipinski definition) is 1. The predicted molar refractivity (Wildman–Crippen MR) is 163 cm³/mol. The van der Waals surface area contributed by atoms with E-state index in [1.54, 1.807) is 7.11 Å². The average Bonchev–Trinajstić information content (AvgIpc) is 3.00. The maximum Gasteiger partial charge on any atom is 0.229 e. The van der Waals surface area contributed by atoms with Gasteiger partial charge in [-0.3, -0.25) is 0 Å². The van der Waals surface area contributed by atoms with Gasteiger partial charge in [-0.05, 0) is 62.9 Å². The Morgan fingerprint density at radius 1 is 0.902 bits per heavy atom. The van der Waals surface area contributed by atoms with E-state index in [-0.39, 0.29) is 12.1 Å². The molecule has 2 aromatic heterocycles. The quantitative estimate of drug-likeness (QED) is 0.437. The van der Waals surface area contributed by atoms with Crippen LogP contribution in [0.15, 0.2) is 30.3 Å². The average molecular weight is 561 g/mol. The highest BCUT2D eigenvalue weighted by atomic mass is 16.5.